The number of rotatable bonds is 6. The number of nitrogens with zero attached hydrogens (tertiary/aromatic N) is 1. The minimum absolute atomic E-state index is 0.0894. The lowest BCUT2D eigenvalue weighted by molar-refractivity contribution is -0.118. The van der Waals surface area contributed by atoms with Crippen molar-refractivity contribution in [2.75, 3.05) is 13.6 Å². The molecule has 0 saturated heterocycles. The van der Waals surface area contributed by atoms with Gasteiger partial charge in [-0.1, -0.05) is 6.92 Å². The molecule has 1 unspecified atom stereocenters. The zero-order chi connectivity index (χ0) is 10.3. The second-order valence-electron chi connectivity index (χ2n) is 2.97. The predicted molar refractivity (Wildman–Crippen MR) is 54.9 cm³/mol. The molecule has 0 aliphatic heterocycles. The lowest BCUT2D eigenvalue weighted by Crippen LogP contribution is -2.33. The molecule has 13 heavy (non-hydrogen) atoms. The normalized spacial score (nSPS) is 14.2. The Morgan fingerprint density at radius 1 is 1.62 bits per heavy atom. The number of nitrogens with two attached hydrogens (primary N) is 1. The van der Waals surface area contributed by atoms with Gasteiger partial charge in [-0.05, 0) is 20.4 Å². The molecular formula is C9H19N3O. The smallest absolute Gasteiger partial charge is 0.146 e. The van der Waals surface area contributed by atoms with E-state index in [0.29, 0.717) is 18.8 Å². The molecule has 0 aromatic rings. The van der Waals surface area contributed by atoms with E-state index in [4.69, 9.17) is 5.73 Å². The van der Waals surface area contributed by atoms with Crippen LogP contribution in [-0.4, -0.2) is 31.3 Å². The summed E-state index contributed by atoms with van der Waals surface area (Å²) in [5.41, 5.74) is 5.52. The van der Waals surface area contributed by atoms with Crippen LogP contribution in [0.5, 0.6) is 0 Å². The van der Waals surface area contributed by atoms with Gasteiger partial charge in [0.2, 0.25) is 0 Å². The largest absolute Gasteiger partial charge is 0.387 e. The van der Waals surface area contributed by atoms with E-state index in [1.165, 1.54) is 0 Å². The van der Waals surface area contributed by atoms with Crippen molar-refractivity contribution in [1.82, 2.24) is 5.32 Å². The number of hydrogen-bond donors (Lipinski definition) is 2. The number of hydrogen-bond acceptors (Lipinski definition) is 3. The molecule has 0 bridgehead atoms. The molecule has 0 spiro atoms. The van der Waals surface area contributed by atoms with E-state index in [1.54, 1.807) is 14.0 Å². The summed E-state index contributed by atoms with van der Waals surface area (Å²) >= 11 is 0. The van der Waals surface area contributed by atoms with Gasteiger partial charge in [0.15, 0.2) is 0 Å². The van der Waals surface area contributed by atoms with Crippen molar-refractivity contribution in [3.05, 3.63) is 0 Å². The van der Waals surface area contributed by atoms with Gasteiger partial charge < -0.3 is 11.1 Å². The Morgan fingerprint density at radius 2 is 2.23 bits per heavy atom. The zero-order valence-electron chi connectivity index (χ0n) is 8.63. The predicted octanol–water partition coefficient (Wildman–Crippen LogP) is 0.321. The highest BCUT2D eigenvalue weighted by atomic mass is 16.1. The minimum atomic E-state index is -0.0894. The third kappa shape index (κ3) is 5.36. The van der Waals surface area contributed by atoms with Crippen LogP contribution in [0.15, 0.2) is 4.99 Å². The van der Waals surface area contributed by atoms with Gasteiger partial charge >= 0.3 is 0 Å². The summed E-state index contributed by atoms with van der Waals surface area (Å²) in [5.74, 6) is 0.797. The Labute approximate surface area is 79.6 Å². The second kappa shape index (κ2) is 6.60. The van der Waals surface area contributed by atoms with Gasteiger partial charge in [0.25, 0.3) is 0 Å². The average molecular weight is 185 g/mol. The Morgan fingerprint density at radius 3 is 2.62 bits per heavy atom. The summed E-state index contributed by atoms with van der Waals surface area (Å²) in [6.45, 7) is 4.15. The molecule has 0 fully saturated rings. The van der Waals surface area contributed by atoms with E-state index in [1.807, 2.05) is 6.92 Å². The van der Waals surface area contributed by atoms with Gasteiger partial charge in [-0.2, -0.15) is 0 Å². The highest BCUT2D eigenvalue weighted by Crippen LogP contribution is 1.94. The number of amidine groups is 1. The number of Topliss-reactive ketones (excluding diaryl/α,β-unsaturated/α-hetero) is 1. The minimum Gasteiger partial charge on any atom is -0.387 e. The molecule has 4 nitrogen and oxygen atoms in total. The van der Waals surface area contributed by atoms with E-state index in [-0.39, 0.29) is 11.8 Å². The van der Waals surface area contributed by atoms with Gasteiger partial charge in [-0.15, -0.1) is 0 Å². The summed E-state index contributed by atoms with van der Waals surface area (Å²) in [6.07, 6.45) is 1.48. The van der Waals surface area contributed by atoms with Crippen molar-refractivity contribution >= 4 is 11.6 Å². The highest BCUT2D eigenvalue weighted by molar-refractivity contribution is 5.81. The molecule has 0 radical (unpaired) electrons. The maximum absolute atomic E-state index is 11.0. The third-order valence-corrected chi connectivity index (χ3v) is 1.93. The first-order valence-corrected chi connectivity index (χ1v) is 4.58. The Kier molecular flexibility index (Phi) is 6.14. The topological polar surface area (TPSA) is 67.5 Å². The van der Waals surface area contributed by atoms with Crippen LogP contribution in [0.4, 0.5) is 0 Å². The highest BCUT2D eigenvalue weighted by Gasteiger charge is 2.09. The Hall–Kier alpha value is -0.900. The van der Waals surface area contributed by atoms with E-state index in [2.05, 4.69) is 10.3 Å². The Bertz CT molecular complexity index is 189. The summed E-state index contributed by atoms with van der Waals surface area (Å²) in [7, 11) is 1.78. The molecule has 0 amide bonds. The monoisotopic (exact) mass is 185 g/mol. The number of likely N-dealkylation sites (N-methyl/N-ethyl adjacent to an activating group) is 1. The number of carbonyl (C=O) groups is 1. The maximum atomic E-state index is 11.0. The van der Waals surface area contributed by atoms with Crippen LogP contribution in [0.1, 0.15) is 26.7 Å². The fourth-order valence-corrected chi connectivity index (χ4v) is 1.000. The van der Waals surface area contributed by atoms with Crippen molar-refractivity contribution in [3.8, 4) is 0 Å². The molecular weight excluding hydrogens is 166 g/mol. The maximum Gasteiger partial charge on any atom is 0.146 e. The van der Waals surface area contributed by atoms with Gasteiger partial charge in [0.05, 0.1) is 11.9 Å². The summed E-state index contributed by atoms with van der Waals surface area (Å²) in [4.78, 5) is 15.1. The van der Waals surface area contributed by atoms with E-state index in [0.717, 1.165) is 6.42 Å². The molecule has 0 aromatic heterocycles. The quantitative estimate of drug-likeness (QED) is 0.462. The van der Waals surface area contributed by atoms with Crippen LogP contribution < -0.4 is 11.1 Å². The fraction of sp³-hybridized carbons (Fsp3) is 0.778. The lowest BCUT2D eigenvalue weighted by Gasteiger charge is -2.10. The Balaban J connectivity index is 3.79. The van der Waals surface area contributed by atoms with Crippen LogP contribution >= 0.6 is 0 Å². The molecule has 1 atom stereocenters. The first kappa shape index (κ1) is 12.1. The summed E-state index contributed by atoms with van der Waals surface area (Å²) in [6, 6.07) is -0.0894. The number of nitrogens with one attached hydrogen (secondary N) is 1. The number of aliphatic imine (C=N–C) groups is 1. The van der Waals surface area contributed by atoms with Crippen molar-refractivity contribution in [3.63, 3.8) is 0 Å². The lowest BCUT2D eigenvalue weighted by atomic mass is 10.1. The SMILES string of the molecule is CCC(N)=NCCC(NC)C(C)=O. The van der Waals surface area contributed by atoms with Crippen LogP contribution in [0, 0.1) is 0 Å². The zero-order valence-corrected chi connectivity index (χ0v) is 8.63. The van der Waals surface area contributed by atoms with Gasteiger partial charge in [0, 0.05) is 13.0 Å². The summed E-state index contributed by atoms with van der Waals surface area (Å²) in [5, 5.41) is 2.93. The molecule has 0 rings (SSSR count). The first-order valence-electron chi connectivity index (χ1n) is 4.58. The van der Waals surface area contributed by atoms with Crippen LogP contribution in [0.3, 0.4) is 0 Å². The van der Waals surface area contributed by atoms with E-state index < -0.39 is 0 Å². The first-order chi connectivity index (χ1) is 6.11. The van der Waals surface area contributed by atoms with Crippen LogP contribution in [-0.2, 0) is 4.79 Å². The molecule has 3 N–H and O–H groups in total. The fourth-order valence-electron chi connectivity index (χ4n) is 1.000. The number of ketones is 1. The number of carbonyl (C=O) groups excluding carboxylic acids is 1. The van der Waals surface area contributed by atoms with Crippen molar-refractivity contribution in [1.29, 1.82) is 0 Å². The van der Waals surface area contributed by atoms with Crippen molar-refractivity contribution in [2.45, 2.75) is 32.7 Å². The van der Waals surface area contributed by atoms with Crippen LogP contribution in [0.2, 0.25) is 0 Å². The molecule has 0 aliphatic rings. The average Bonchev–Trinajstić information content (AvgIpc) is 2.11. The van der Waals surface area contributed by atoms with Gasteiger partial charge in [-0.3, -0.25) is 9.79 Å². The van der Waals surface area contributed by atoms with Crippen molar-refractivity contribution < 1.29 is 4.79 Å². The van der Waals surface area contributed by atoms with Crippen LogP contribution in [0.25, 0.3) is 0 Å². The van der Waals surface area contributed by atoms with Crippen molar-refractivity contribution in [2.24, 2.45) is 10.7 Å². The van der Waals surface area contributed by atoms with Gasteiger partial charge in [-0.25, -0.2) is 0 Å². The van der Waals surface area contributed by atoms with E-state index >= 15 is 0 Å². The molecule has 0 aromatic carbocycles. The standard InChI is InChI=1S/C9H19N3O/c1-4-9(10)12-6-5-8(11-3)7(2)13/h8,11H,4-6H2,1-3H3,(H2,10,12). The molecule has 0 heterocycles. The molecule has 76 valence electrons. The molecule has 4 heteroatoms. The second-order valence-corrected chi connectivity index (χ2v) is 2.97. The molecule has 0 aliphatic carbocycles. The van der Waals surface area contributed by atoms with E-state index in [9.17, 15) is 4.79 Å². The van der Waals surface area contributed by atoms with Gasteiger partial charge in [0.1, 0.15) is 5.78 Å². The summed E-state index contributed by atoms with van der Waals surface area (Å²) < 4.78 is 0. The third-order valence-electron chi connectivity index (χ3n) is 1.93. The molecule has 0 saturated carbocycles.